The predicted octanol–water partition coefficient (Wildman–Crippen LogP) is 2.29. The summed E-state index contributed by atoms with van der Waals surface area (Å²) in [5, 5.41) is 0. The van der Waals surface area contributed by atoms with Crippen molar-refractivity contribution in [2.24, 2.45) is 5.92 Å². The Kier molecular flexibility index (Phi) is 2.41. The fraction of sp³-hybridized carbons (Fsp3) is 0.667. The lowest BCUT2D eigenvalue weighted by atomic mass is 10.1. The Hall–Kier alpha value is -1.45. The lowest BCUT2D eigenvalue weighted by molar-refractivity contribution is 0.0702. The first kappa shape index (κ1) is 11.4. The van der Waals surface area contributed by atoms with Gasteiger partial charge in [0.1, 0.15) is 5.82 Å². The van der Waals surface area contributed by atoms with Gasteiger partial charge in [0.15, 0.2) is 0 Å². The summed E-state index contributed by atoms with van der Waals surface area (Å²) in [5.74, 6) is 2.36. The summed E-state index contributed by atoms with van der Waals surface area (Å²) in [6, 6.07) is 0.472. The van der Waals surface area contributed by atoms with Crippen molar-refractivity contribution in [1.29, 1.82) is 0 Å². The van der Waals surface area contributed by atoms with E-state index in [-0.39, 0.29) is 5.91 Å². The van der Waals surface area contributed by atoms with E-state index in [1.54, 1.807) is 6.20 Å². The summed E-state index contributed by atoms with van der Waals surface area (Å²) < 4.78 is 0. The first-order chi connectivity index (χ1) is 9.22. The van der Waals surface area contributed by atoms with Crippen molar-refractivity contribution in [1.82, 2.24) is 14.9 Å². The largest absolute Gasteiger partial charge is 0.335 e. The van der Waals surface area contributed by atoms with Gasteiger partial charge in [0, 0.05) is 24.7 Å². The standard InChI is InChI=1S/C15H19N3O/c1-9-13(7-16-14(17-9)11-3-4-11)15(19)18-8-10-2-5-12(18)6-10/h7,10-12H,2-6,8H2,1H3/t10-,12-/m0/s1. The van der Waals surface area contributed by atoms with Crippen LogP contribution in [0.3, 0.4) is 0 Å². The van der Waals surface area contributed by atoms with E-state index in [0.717, 1.165) is 24.0 Å². The highest BCUT2D eigenvalue weighted by atomic mass is 16.2. The Balaban J connectivity index is 1.59. The molecule has 2 atom stereocenters. The van der Waals surface area contributed by atoms with Crippen LogP contribution in [0.4, 0.5) is 0 Å². The van der Waals surface area contributed by atoms with Crippen LogP contribution in [0.2, 0.25) is 0 Å². The summed E-state index contributed by atoms with van der Waals surface area (Å²) in [6.45, 7) is 2.88. The molecule has 1 amide bonds. The molecule has 0 spiro atoms. The van der Waals surface area contributed by atoms with Gasteiger partial charge in [0.05, 0.1) is 11.3 Å². The second-order valence-electron chi connectivity index (χ2n) is 6.29. The van der Waals surface area contributed by atoms with Crippen LogP contribution in [0.25, 0.3) is 0 Å². The molecule has 4 heteroatoms. The van der Waals surface area contributed by atoms with Crippen LogP contribution in [0, 0.1) is 12.8 Å². The Labute approximate surface area is 113 Å². The maximum Gasteiger partial charge on any atom is 0.257 e. The molecule has 1 aromatic rings. The first-order valence-corrected chi connectivity index (χ1v) is 7.37. The zero-order valence-corrected chi connectivity index (χ0v) is 11.3. The Morgan fingerprint density at radius 2 is 2.16 bits per heavy atom. The van der Waals surface area contributed by atoms with Crippen LogP contribution in [0.15, 0.2) is 6.20 Å². The SMILES string of the molecule is Cc1nc(C2CC2)ncc1C(=O)N1C[C@H]2CC[C@H]1C2. The van der Waals surface area contributed by atoms with Gasteiger partial charge in [-0.15, -0.1) is 0 Å². The van der Waals surface area contributed by atoms with Gasteiger partial charge in [0.2, 0.25) is 0 Å². The fourth-order valence-corrected chi connectivity index (χ4v) is 3.56. The molecule has 1 aromatic heterocycles. The van der Waals surface area contributed by atoms with Gasteiger partial charge in [-0.2, -0.15) is 0 Å². The number of piperidine rings is 1. The molecule has 1 saturated heterocycles. The summed E-state index contributed by atoms with van der Waals surface area (Å²) in [7, 11) is 0. The Bertz CT molecular complexity index is 538. The van der Waals surface area contributed by atoms with Gasteiger partial charge in [-0.25, -0.2) is 9.97 Å². The van der Waals surface area contributed by atoms with Crippen molar-refractivity contribution >= 4 is 5.91 Å². The third-order valence-corrected chi connectivity index (χ3v) is 4.84. The molecule has 100 valence electrons. The van der Waals surface area contributed by atoms with Crippen molar-refractivity contribution < 1.29 is 4.79 Å². The molecule has 0 N–H and O–H groups in total. The molecule has 2 bridgehead atoms. The number of carbonyl (C=O) groups excluding carboxylic acids is 1. The summed E-state index contributed by atoms with van der Waals surface area (Å²) >= 11 is 0. The van der Waals surface area contributed by atoms with E-state index in [9.17, 15) is 4.79 Å². The fourth-order valence-electron chi connectivity index (χ4n) is 3.56. The van der Waals surface area contributed by atoms with Crippen molar-refractivity contribution in [3.63, 3.8) is 0 Å². The van der Waals surface area contributed by atoms with Crippen molar-refractivity contribution in [2.45, 2.75) is 51.0 Å². The smallest absolute Gasteiger partial charge is 0.257 e. The third-order valence-electron chi connectivity index (χ3n) is 4.84. The number of likely N-dealkylation sites (tertiary alicyclic amines) is 1. The van der Waals surface area contributed by atoms with Crippen molar-refractivity contribution in [3.05, 3.63) is 23.3 Å². The molecule has 4 rings (SSSR count). The minimum Gasteiger partial charge on any atom is -0.335 e. The average Bonchev–Trinajstić information content (AvgIpc) is 3.05. The monoisotopic (exact) mass is 257 g/mol. The molecule has 3 aliphatic rings. The van der Waals surface area contributed by atoms with E-state index in [2.05, 4.69) is 14.9 Å². The number of aromatic nitrogens is 2. The molecule has 2 aliphatic carbocycles. The highest BCUT2D eigenvalue weighted by Gasteiger charge is 2.41. The number of hydrogen-bond acceptors (Lipinski definition) is 3. The number of carbonyl (C=O) groups is 1. The number of hydrogen-bond donors (Lipinski definition) is 0. The van der Waals surface area contributed by atoms with Gasteiger partial charge >= 0.3 is 0 Å². The van der Waals surface area contributed by atoms with E-state index in [1.807, 2.05) is 6.92 Å². The van der Waals surface area contributed by atoms with E-state index < -0.39 is 0 Å². The van der Waals surface area contributed by atoms with Crippen LogP contribution in [-0.4, -0.2) is 33.4 Å². The van der Waals surface area contributed by atoms with E-state index in [1.165, 1.54) is 32.1 Å². The van der Waals surface area contributed by atoms with Gasteiger partial charge in [-0.3, -0.25) is 4.79 Å². The summed E-state index contributed by atoms with van der Waals surface area (Å²) in [4.78, 5) is 23.6. The zero-order chi connectivity index (χ0) is 13.0. The van der Waals surface area contributed by atoms with Crippen molar-refractivity contribution in [3.8, 4) is 0 Å². The van der Waals surface area contributed by atoms with Gasteiger partial charge in [-0.05, 0) is 44.9 Å². The molecule has 4 nitrogen and oxygen atoms in total. The van der Waals surface area contributed by atoms with Crippen LogP contribution in [0.1, 0.15) is 59.9 Å². The molecule has 2 heterocycles. The number of rotatable bonds is 2. The van der Waals surface area contributed by atoms with E-state index >= 15 is 0 Å². The molecular weight excluding hydrogens is 238 g/mol. The van der Waals surface area contributed by atoms with E-state index in [4.69, 9.17) is 0 Å². The van der Waals surface area contributed by atoms with Crippen LogP contribution in [-0.2, 0) is 0 Å². The van der Waals surface area contributed by atoms with Crippen molar-refractivity contribution in [2.75, 3.05) is 6.54 Å². The summed E-state index contributed by atoms with van der Waals surface area (Å²) in [5.41, 5.74) is 1.56. The first-order valence-electron chi connectivity index (χ1n) is 7.37. The maximum atomic E-state index is 12.6. The lowest BCUT2D eigenvalue weighted by Crippen LogP contribution is -2.38. The van der Waals surface area contributed by atoms with Crippen LogP contribution < -0.4 is 0 Å². The molecule has 0 unspecified atom stereocenters. The zero-order valence-electron chi connectivity index (χ0n) is 11.3. The minimum absolute atomic E-state index is 0.145. The highest BCUT2D eigenvalue weighted by Crippen LogP contribution is 2.39. The van der Waals surface area contributed by atoms with Crippen LogP contribution >= 0.6 is 0 Å². The van der Waals surface area contributed by atoms with E-state index in [0.29, 0.717) is 17.5 Å². The number of aryl methyl sites for hydroxylation is 1. The number of nitrogens with zero attached hydrogens (tertiary/aromatic N) is 3. The maximum absolute atomic E-state index is 12.6. The summed E-state index contributed by atoms with van der Waals surface area (Å²) in [6.07, 6.45) is 7.82. The predicted molar refractivity (Wildman–Crippen MR) is 70.9 cm³/mol. The molecule has 3 fully saturated rings. The highest BCUT2D eigenvalue weighted by molar-refractivity contribution is 5.95. The third kappa shape index (κ3) is 1.85. The number of fused-ring (bicyclic) bond motifs is 2. The second-order valence-corrected chi connectivity index (χ2v) is 6.29. The molecule has 0 radical (unpaired) electrons. The topological polar surface area (TPSA) is 46.1 Å². The molecule has 19 heavy (non-hydrogen) atoms. The van der Waals surface area contributed by atoms with Gasteiger partial charge in [-0.1, -0.05) is 0 Å². The van der Waals surface area contributed by atoms with Gasteiger partial charge in [0.25, 0.3) is 5.91 Å². The lowest BCUT2D eigenvalue weighted by Gasteiger charge is -2.27. The minimum atomic E-state index is 0.145. The average molecular weight is 257 g/mol. The Morgan fingerprint density at radius 3 is 2.74 bits per heavy atom. The molecular formula is C15H19N3O. The number of amides is 1. The normalized spacial score (nSPS) is 29.0. The van der Waals surface area contributed by atoms with Crippen LogP contribution in [0.5, 0.6) is 0 Å². The quantitative estimate of drug-likeness (QED) is 0.816. The second kappa shape index (κ2) is 4.02. The molecule has 2 saturated carbocycles. The Morgan fingerprint density at radius 1 is 1.32 bits per heavy atom. The molecule has 0 aromatic carbocycles. The molecule has 1 aliphatic heterocycles. The van der Waals surface area contributed by atoms with Gasteiger partial charge < -0.3 is 4.90 Å².